The van der Waals surface area contributed by atoms with Crippen molar-refractivity contribution in [3.05, 3.63) is 12.2 Å². The molecule has 0 aromatic carbocycles. The van der Waals surface area contributed by atoms with E-state index in [0.717, 1.165) is 23.2 Å². The molecular formula is C11H21N5S2. The second kappa shape index (κ2) is 6.27. The zero-order valence-corrected chi connectivity index (χ0v) is 12.7. The molecule has 4 unspecified atom stereocenters. The van der Waals surface area contributed by atoms with E-state index in [1.807, 2.05) is 35.3 Å². The van der Waals surface area contributed by atoms with Gasteiger partial charge in [-0.05, 0) is 0 Å². The van der Waals surface area contributed by atoms with Crippen LogP contribution in [0, 0.1) is 0 Å². The topological polar surface area (TPSA) is 68.8 Å². The number of hydrazine groups is 1. The molecule has 3 N–H and O–H groups in total. The lowest BCUT2D eigenvalue weighted by Gasteiger charge is -2.35. The fraction of sp³-hybridized carbons (Fsp3) is 0.818. The average Bonchev–Trinajstić information content (AvgIpc) is 2.75. The van der Waals surface area contributed by atoms with Gasteiger partial charge in [0.25, 0.3) is 0 Å². The average molecular weight is 287 g/mol. The molecule has 7 heteroatoms. The molecule has 2 rings (SSSR count). The highest BCUT2D eigenvalue weighted by molar-refractivity contribution is 8.07. The zero-order valence-electron chi connectivity index (χ0n) is 11.0. The Bertz CT molecular complexity index is 383. The van der Waals surface area contributed by atoms with Crippen LogP contribution in [-0.4, -0.2) is 42.3 Å². The molecule has 1 saturated heterocycles. The summed E-state index contributed by atoms with van der Waals surface area (Å²) in [7, 11) is 1.92. The van der Waals surface area contributed by atoms with Gasteiger partial charge in [0.2, 0.25) is 0 Å². The molecule has 18 heavy (non-hydrogen) atoms. The van der Waals surface area contributed by atoms with Gasteiger partial charge in [0, 0.05) is 41.0 Å². The van der Waals surface area contributed by atoms with Gasteiger partial charge in [0.15, 0.2) is 0 Å². The third-order valence-electron chi connectivity index (χ3n) is 3.44. The highest BCUT2D eigenvalue weighted by Gasteiger charge is 2.31. The molecule has 5 nitrogen and oxygen atoms in total. The van der Waals surface area contributed by atoms with Crippen LogP contribution in [0.3, 0.4) is 0 Å². The van der Waals surface area contributed by atoms with Crippen molar-refractivity contribution in [2.24, 2.45) is 12.9 Å². The molecule has 0 radical (unpaired) electrons. The van der Waals surface area contributed by atoms with Crippen molar-refractivity contribution >= 4 is 23.5 Å². The number of rotatable bonds is 4. The van der Waals surface area contributed by atoms with Crippen molar-refractivity contribution in [1.29, 1.82) is 0 Å². The first kappa shape index (κ1) is 14.2. The number of hydrogen-bond acceptors (Lipinski definition) is 6. The molecule has 0 bridgehead atoms. The quantitative estimate of drug-likeness (QED) is 0.631. The molecule has 0 aliphatic carbocycles. The van der Waals surface area contributed by atoms with Crippen LogP contribution in [0.1, 0.15) is 19.7 Å². The number of nitrogens with one attached hydrogen (secondary N) is 1. The first-order chi connectivity index (χ1) is 8.61. The standard InChI is InChI=1S/C11H21N5S2/c1-7-8(2)18-10(5-17-7)9(15-12)4-11-13-6-14-16(11)3/h6-10,15H,4-5,12H2,1-3H3. The van der Waals surface area contributed by atoms with E-state index in [4.69, 9.17) is 5.84 Å². The third kappa shape index (κ3) is 3.20. The maximum absolute atomic E-state index is 5.72. The second-order valence-electron chi connectivity index (χ2n) is 4.70. The summed E-state index contributed by atoms with van der Waals surface area (Å²) in [6.07, 6.45) is 2.42. The predicted octanol–water partition coefficient (Wildman–Crippen LogP) is 0.815. The summed E-state index contributed by atoms with van der Waals surface area (Å²) >= 11 is 4.07. The van der Waals surface area contributed by atoms with Crippen LogP contribution in [-0.2, 0) is 13.5 Å². The third-order valence-corrected chi connectivity index (χ3v) is 7.00. The number of thioether (sulfide) groups is 2. The lowest BCUT2D eigenvalue weighted by Crippen LogP contribution is -2.48. The van der Waals surface area contributed by atoms with Crippen molar-refractivity contribution < 1.29 is 0 Å². The molecule has 1 aromatic heterocycles. The summed E-state index contributed by atoms with van der Waals surface area (Å²) in [5.41, 5.74) is 2.96. The minimum atomic E-state index is 0.250. The monoisotopic (exact) mass is 287 g/mol. The van der Waals surface area contributed by atoms with Crippen LogP contribution >= 0.6 is 23.5 Å². The molecule has 0 spiro atoms. The van der Waals surface area contributed by atoms with Crippen LogP contribution in [0.2, 0.25) is 0 Å². The number of nitrogens with zero attached hydrogens (tertiary/aromatic N) is 3. The molecule has 4 atom stereocenters. The minimum absolute atomic E-state index is 0.250. The first-order valence-electron chi connectivity index (χ1n) is 6.18. The molecule has 1 fully saturated rings. The largest absolute Gasteiger partial charge is 0.271 e. The lowest BCUT2D eigenvalue weighted by atomic mass is 10.1. The van der Waals surface area contributed by atoms with Gasteiger partial charge in [-0.3, -0.25) is 16.0 Å². The van der Waals surface area contributed by atoms with Crippen LogP contribution in [0.4, 0.5) is 0 Å². The molecular weight excluding hydrogens is 266 g/mol. The van der Waals surface area contributed by atoms with Crippen LogP contribution < -0.4 is 11.3 Å². The predicted molar refractivity (Wildman–Crippen MR) is 78.6 cm³/mol. The fourth-order valence-electron chi connectivity index (χ4n) is 2.02. The minimum Gasteiger partial charge on any atom is -0.271 e. The second-order valence-corrected chi connectivity index (χ2v) is 7.73. The number of aromatic nitrogens is 3. The summed E-state index contributed by atoms with van der Waals surface area (Å²) in [5.74, 6) is 7.84. The van der Waals surface area contributed by atoms with Gasteiger partial charge in [0.1, 0.15) is 12.2 Å². The van der Waals surface area contributed by atoms with E-state index in [2.05, 4.69) is 29.4 Å². The van der Waals surface area contributed by atoms with Gasteiger partial charge in [-0.15, -0.1) is 0 Å². The Morgan fingerprint density at radius 1 is 1.56 bits per heavy atom. The van der Waals surface area contributed by atoms with E-state index in [-0.39, 0.29) is 6.04 Å². The van der Waals surface area contributed by atoms with E-state index in [1.54, 1.807) is 6.33 Å². The SMILES string of the molecule is CC1SCC(C(Cc2ncnn2C)NN)SC1C. The Balaban J connectivity index is 1.99. The van der Waals surface area contributed by atoms with Gasteiger partial charge < -0.3 is 0 Å². The summed E-state index contributed by atoms with van der Waals surface area (Å²) < 4.78 is 1.82. The van der Waals surface area contributed by atoms with Gasteiger partial charge in [-0.25, -0.2) is 4.98 Å². The van der Waals surface area contributed by atoms with Gasteiger partial charge in [-0.2, -0.15) is 28.6 Å². The van der Waals surface area contributed by atoms with Crippen molar-refractivity contribution in [1.82, 2.24) is 20.2 Å². The molecule has 2 heterocycles. The van der Waals surface area contributed by atoms with Crippen LogP contribution in [0.15, 0.2) is 6.33 Å². The first-order valence-corrected chi connectivity index (χ1v) is 8.17. The number of nitrogens with two attached hydrogens (primary N) is 1. The van der Waals surface area contributed by atoms with Crippen molar-refractivity contribution in [2.45, 2.75) is 42.1 Å². The lowest BCUT2D eigenvalue weighted by molar-refractivity contribution is 0.498. The van der Waals surface area contributed by atoms with Crippen LogP contribution in [0.25, 0.3) is 0 Å². The van der Waals surface area contributed by atoms with E-state index in [9.17, 15) is 0 Å². The fourth-order valence-corrected chi connectivity index (χ4v) is 5.13. The number of hydrogen-bond donors (Lipinski definition) is 2. The van der Waals surface area contributed by atoms with Crippen molar-refractivity contribution in [3.63, 3.8) is 0 Å². The van der Waals surface area contributed by atoms with E-state index in [0.29, 0.717) is 10.5 Å². The Morgan fingerprint density at radius 2 is 2.33 bits per heavy atom. The summed E-state index contributed by atoms with van der Waals surface area (Å²) in [6.45, 7) is 4.59. The Hall–Kier alpha value is -0.240. The van der Waals surface area contributed by atoms with Crippen LogP contribution in [0.5, 0.6) is 0 Å². The van der Waals surface area contributed by atoms with Crippen molar-refractivity contribution in [2.75, 3.05) is 5.75 Å². The highest BCUT2D eigenvalue weighted by atomic mass is 32.2. The van der Waals surface area contributed by atoms with Gasteiger partial charge in [0.05, 0.1) is 0 Å². The molecule has 0 amide bonds. The summed E-state index contributed by atoms with van der Waals surface area (Å²) in [5, 5.41) is 6.02. The highest BCUT2D eigenvalue weighted by Crippen LogP contribution is 2.37. The molecule has 1 aliphatic rings. The Kier molecular flexibility index (Phi) is 4.94. The normalized spacial score (nSPS) is 30.3. The Morgan fingerprint density at radius 3 is 2.89 bits per heavy atom. The maximum Gasteiger partial charge on any atom is 0.138 e. The van der Waals surface area contributed by atoms with E-state index in [1.165, 1.54) is 0 Å². The number of aryl methyl sites for hydroxylation is 1. The van der Waals surface area contributed by atoms with Crippen molar-refractivity contribution in [3.8, 4) is 0 Å². The van der Waals surface area contributed by atoms with Gasteiger partial charge >= 0.3 is 0 Å². The van der Waals surface area contributed by atoms with Gasteiger partial charge in [-0.1, -0.05) is 13.8 Å². The van der Waals surface area contributed by atoms with E-state index < -0.39 is 0 Å². The molecule has 102 valence electrons. The Labute approximate surface area is 117 Å². The molecule has 0 saturated carbocycles. The molecule has 1 aliphatic heterocycles. The maximum atomic E-state index is 5.72. The van der Waals surface area contributed by atoms with E-state index >= 15 is 0 Å². The zero-order chi connectivity index (χ0) is 13.1. The smallest absolute Gasteiger partial charge is 0.138 e. The summed E-state index contributed by atoms with van der Waals surface area (Å²) in [4.78, 5) is 4.27. The summed E-state index contributed by atoms with van der Waals surface area (Å²) in [6, 6.07) is 0.250. The molecule has 1 aromatic rings.